The number of hydrogen-bond acceptors (Lipinski definition) is 5. The number of halogens is 1. The molecule has 8 nitrogen and oxygen atoms in total. The van der Waals surface area contributed by atoms with Crippen LogP contribution >= 0.6 is 11.6 Å². The van der Waals surface area contributed by atoms with Gasteiger partial charge >= 0.3 is 0 Å². The number of ether oxygens (including phenoxy) is 1. The van der Waals surface area contributed by atoms with E-state index in [-0.39, 0.29) is 40.5 Å². The second kappa shape index (κ2) is 15.5. The van der Waals surface area contributed by atoms with Gasteiger partial charge in [-0.3, -0.25) is 13.9 Å². The highest BCUT2D eigenvalue weighted by Crippen LogP contribution is 2.32. The molecular formula is C37H40ClN3O5S. The smallest absolute Gasteiger partial charge is 0.264 e. The number of nitrogens with one attached hydrogen (secondary N) is 1. The first kappa shape index (κ1) is 34.0. The van der Waals surface area contributed by atoms with E-state index in [9.17, 15) is 18.0 Å². The number of nitrogens with zero attached hydrogens (tertiary/aromatic N) is 2. The molecule has 1 N–H and O–H groups in total. The minimum atomic E-state index is -4.25. The fourth-order valence-corrected chi connectivity index (χ4v) is 7.54. The van der Waals surface area contributed by atoms with Gasteiger partial charge in [-0.1, -0.05) is 103 Å². The lowest BCUT2D eigenvalue weighted by atomic mass is 10.0. The summed E-state index contributed by atoms with van der Waals surface area (Å²) < 4.78 is 34.9. The number of carbonyl (C=O) groups excluding carboxylic acids is 2. The van der Waals surface area contributed by atoms with E-state index in [1.165, 1.54) is 30.2 Å². The summed E-state index contributed by atoms with van der Waals surface area (Å²) in [6, 6.07) is 29.1. The standard InChI is InChI=1S/C37H40ClN3O5S/c1-27-17-20-32(21-18-27)47(44,45)41(31-19-22-35(46-2)33(38)24-31)26-36(42)40(25-29-13-7-4-8-14-29)34(23-28-11-5-3-6-12-28)37(43)39-30-15-9-10-16-30/h3-8,11-14,17-22,24,30,34H,9-10,15-16,23,25-26H2,1-2H3,(H,39,43)/t34-/m0/s1. The highest BCUT2D eigenvalue weighted by Gasteiger charge is 2.35. The van der Waals surface area contributed by atoms with E-state index >= 15 is 0 Å². The molecule has 1 aliphatic rings. The van der Waals surface area contributed by atoms with Crippen LogP contribution in [0.25, 0.3) is 0 Å². The molecule has 0 radical (unpaired) electrons. The Hall–Kier alpha value is -4.34. The van der Waals surface area contributed by atoms with Gasteiger partial charge in [0.15, 0.2) is 0 Å². The number of carbonyl (C=O) groups is 2. The minimum absolute atomic E-state index is 0.0252. The molecule has 1 aliphatic carbocycles. The summed E-state index contributed by atoms with van der Waals surface area (Å²) >= 11 is 6.47. The van der Waals surface area contributed by atoms with Gasteiger partial charge in [0, 0.05) is 19.0 Å². The Morgan fingerprint density at radius 3 is 2.11 bits per heavy atom. The fourth-order valence-electron chi connectivity index (χ4n) is 5.88. The molecule has 0 unspecified atom stereocenters. The third-order valence-electron chi connectivity index (χ3n) is 8.48. The number of anilines is 1. The predicted molar refractivity (Wildman–Crippen MR) is 185 cm³/mol. The van der Waals surface area contributed by atoms with Crippen LogP contribution in [0.1, 0.15) is 42.4 Å². The first-order chi connectivity index (χ1) is 22.7. The van der Waals surface area contributed by atoms with Gasteiger partial charge in [0.05, 0.1) is 22.7 Å². The molecule has 0 saturated heterocycles. The maximum Gasteiger partial charge on any atom is 0.264 e. The summed E-state index contributed by atoms with van der Waals surface area (Å²) in [5.74, 6) is -0.420. The van der Waals surface area contributed by atoms with Crippen LogP contribution in [-0.2, 0) is 32.6 Å². The average Bonchev–Trinajstić information content (AvgIpc) is 3.59. The first-order valence-electron chi connectivity index (χ1n) is 15.8. The van der Waals surface area contributed by atoms with Crippen molar-refractivity contribution >= 4 is 39.1 Å². The van der Waals surface area contributed by atoms with Gasteiger partial charge in [0.25, 0.3) is 10.0 Å². The van der Waals surface area contributed by atoms with Crippen molar-refractivity contribution < 1.29 is 22.7 Å². The Bertz CT molecular complexity index is 1760. The normalized spacial score (nSPS) is 13.9. The number of hydrogen-bond donors (Lipinski definition) is 1. The van der Waals surface area contributed by atoms with Crippen LogP contribution in [0.4, 0.5) is 5.69 Å². The highest BCUT2D eigenvalue weighted by atomic mass is 35.5. The van der Waals surface area contributed by atoms with Crippen molar-refractivity contribution in [2.75, 3.05) is 18.0 Å². The van der Waals surface area contributed by atoms with Crippen LogP contribution in [0.5, 0.6) is 5.75 Å². The number of methoxy groups -OCH3 is 1. The molecule has 0 aromatic heterocycles. The SMILES string of the molecule is COc1ccc(N(CC(=O)N(Cc2ccccc2)[C@@H](Cc2ccccc2)C(=O)NC2CCCC2)S(=O)(=O)c2ccc(C)cc2)cc1Cl. The van der Waals surface area contributed by atoms with Crippen molar-refractivity contribution in [3.63, 3.8) is 0 Å². The largest absolute Gasteiger partial charge is 0.495 e. The van der Waals surface area contributed by atoms with Crippen LogP contribution in [0.3, 0.4) is 0 Å². The van der Waals surface area contributed by atoms with Gasteiger partial charge in [0.1, 0.15) is 18.3 Å². The van der Waals surface area contributed by atoms with E-state index < -0.39 is 28.5 Å². The van der Waals surface area contributed by atoms with Gasteiger partial charge in [-0.05, 0) is 61.2 Å². The van der Waals surface area contributed by atoms with E-state index in [1.54, 1.807) is 24.3 Å². The second-order valence-corrected chi connectivity index (χ2v) is 14.1. The van der Waals surface area contributed by atoms with Gasteiger partial charge in [-0.25, -0.2) is 8.42 Å². The molecule has 0 heterocycles. The van der Waals surface area contributed by atoms with Gasteiger partial charge in [0.2, 0.25) is 11.8 Å². The molecule has 246 valence electrons. The van der Waals surface area contributed by atoms with Crippen LogP contribution < -0.4 is 14.4 Å². The van der Waals surface area contributed by atoms with E-state index in [4.69, 9.17) is 16.3 Å². The third kappa shape index (κ3) is 8.53. The van der Waals surface area contributed by atoms with Crippen molar-refractivity contribution in [1.82, 2.24) is 10.2 Å². The Balaban J connectivity index is 1.57. The maximum absolute atomic E-state index is 14.6. The molecule has 4 aromatic rings. The summed E-state index contributed by atoms with van der Waals surface area (Å²) in [4.78, 5) is 30.3. The van der Waals surface area contributed by atoms with Crippen LogP contribution in [0.2, 0.25) is 5.02 Å². The summed E-state index contributed by atoms with van der Waals surface area (Å²) in [5, 5.41) is 3.39. The van der Waals surface area contributed by atoms with Crippen molar-refractivity contribution in [2.24, 2.45) is 0 Å². The predicted octanol–water partition coefficient (Wildman–Crippen LogP) is 6.55. The highest BCUT2D eigenvalue weighted by molar-refractivity contribution is 7.92. The number of aryl methyl sites for hydroxylation is 1. The van der Waals surface area contributed by atoms with E-state index in [0.717, 1.165) is 46.7 Å². The van der Waals surface area contributed by atoms with Crippen LogP contribution in [-0.4, -0.2) is 50.9 Å². The van der Waals surface area contributed by atoms with Crippen LogP contribution in [0, 0.1) is 6.92 Å². The lowest BCUT2D eigenvalue weighted by Crippen LogP contribution is -2.54. The summed E-state index contributed by atoms with van der Waals surface area (Å²) in [5.41, 5.74) is 2.79. The fraction of sp³-hybridized carbons (Fsp3) is 0.297. The Morgan fingerprint density at radius 1 is 0.894 bits per heavy atom. The molecule has 0 spiro atoms. The molecular weight excluding hydrogens is 634 g/mol. The van der Waals surface area contributed by atoms with Gasteiger partial charge in [-0.2, -0.15) is 0 Å². The number of benzene rings is 4. The molecule has 47 heavy (non-hydrogen) atoms. The van der Waals surface area contributed by atoms with Crippen LogP contribution in [0.15, 0.2) is 108 Å². The molecule has 1 fully saturated rings. The molecule has 5 rings (SSSR count). The van der Waals surface area contributed by atoms with Gasteiger partial charge in [-0.15, -0.1) is 0 Å². The average molecular weight is 674 g/mol. The van der Waals surface area contributed by atoms with E-state index in [2.05, 4.69) is 5.32 Å². The van der Waals surface area contributed by atoms with Gasteiger partial charge < -0.3 is 15.0 Å². The Morgan fingerprint density at radius 2 is 1.51 bits per heavy atom. The molecule has 4 aromatic carbocycles. The lowest BCUT2D eigenvalue weighted by Gasteiger charge is -2.34. The quantitative estimate of drug-likeness (QED) is 0.174. The van der Waals surface area contributed by atoms with Crippen molar-refractivity contribution in [1.29, 1.82) is 0 Å². The van der Waals surface area contributed by atoms with E-state index in [0.29, 0.717) is 5.75 Å². The van der Waals surface area contributed by atoms with Crippen molar-refractivity contribution in [3.05, 3.63) is 125 Å². The zero-order valence-corrected chi connectivity index (χ0v) is 28.2. The molecule has 10 heteroatoms. The Labute approximate surface area is 282 Å². The lowest BCUT2D eigenvalue weighted by molar-refractivity contribution is -0.140. The molecule has 2 amide bonds. The maximum atomic E-state index is 14.6. The minimum Gasteiger partial charge on any atom is -0.495 e. The topological polar surface area (TPSA) is 96.0 Å². The molecule has 0 aliphatic heterocycles. The molecule has 0 bridgehead atoms. The van der Waals surface area contributed by atoms with Crippen molar-refractivity contribution in [3.8, 4) is 5.75 Å². The Kier molecular flexibility index (Phi) is 11.2. The monoisotopic (exact) mass is 673 g/mol. The summed E-state index contributed by atoms with van der Waals surface area (Å²) in [7, 11) is -2.78. The summed E-state index contributed by atoms with van der Waals surface area (Å²) in [6.45, 7) is 1.41. The molecule has 1 saturated carbocycles. The zero-order valence-electron chi connectivity index (χ0n) is 26.6. The first-order valence-corrected chi connectivity index (χ1v) is 17.6. The number of rotatable bonds is 13. The van der Waals surface area contributed by atoms with E-state index in [1.807, 2.05) is 67.6 Å². The summed E-state index contributed by atoms with van der Waals surface area (Å²) in [6.07, 6.45) is 4.11. The molecule has 1 atom stereocenters. The number of amides is 2. The second-order valence-electron chi connectivity index (χ2n) is 11.8. The zero-order chi connectivity index (χ0) is 33.4. The number of sulfonamides is 1. The van der Waals surface area contributed by atoms with Crippen molar-refractivity contribution in [2.45, 2.75) is 62.6 Å². The third-order valence-corrected chi connectivity index (χ3v) is 10.6.